The van der Waals surface area contributed by atoms with Gasteiger partial charge < -0.3 is 0 Å². The van der Waals surface area contributed by atoms with E-state index < -0.39 is 0 Å². The van der Waals surface area contributed by atoms with E-state index in [1.165, 1.54) is 38.5 Å². The van der Waals surface area contributed by atoms with Crippen molar-refractivity contribution in [2.75, 3.05) is 0 Å². The van der Waals surface area contributed by atoms with Gasteiger partial charge in [0.15, 0.2) is 0 Å². The van der Waals surface area contributed by atoms with Gasteiger partial charge in [0.2, 0.25) is 0 Å². The molecule has 5 fully saturated rings. The smallest absolute Gasteiger partial charge is 0.0269 e. The van der Waals surface area contributed by atoms with Gasteiger partial charge in [0.05, 0.1) is 0 Å². The van der Waals surface area contributed by atoms with Gasteiger partial charge in [0, 0.05) is 0 Å². The van der Waals surface area contributed by atoms with Crippen LogP contribution < -0.4 is 0 Å². The van der Waals surface area contributed by atoms with Crippen molar-refractivity contribution in [3.63, 3.8) is 0 Å². The van der Waals surface area contributed by atoms with Gasteiger partial charge >= 0.3 is 0 Å². The standard InChI is InChI=1S/C29H52/c1-3-5-7-17-28-18-21-29(22-19-28,23-20-28)27-15-13-26(14-16-27)25-11-9-24(10-12-25)8-6-4-2/h24-27H,3-23H2,1-2H3. The van der Waals surface area contributed by atoms with Crippen molar-refractivity contribution in [3.8, 4) is 0 Å². The molecule has 0 atom stereocenters. The zero-order valence-electron chi connectivity index (χ0n) is 20.2. The molecule has 0 heteroatoms. The van der Waals surface area contributed by atoms with E-state index in [9.17, 15) is 0 Å². The Bertz CT molecular complexity index is 450. The molecule has 5 saturated carbocycles. The largest absolute Gasteiger partial charge is 0.0654 e. The first-order chi connectivity index (χ1) is 14.2. The predicted molar refractivity (Wildman–Crippen MR) is 127 cm³/mol. The molecule has 0 heterocycles. The fourth-order valence-corrected chi connectivity index (χ4v) is 8.67. The minimum atomic E-state index is 0.796. The number of rotatable bonds is 9. The third kappa shape index (κ3) is 5.09. The third-order valence-electron chi connectivity index (χ3n) is 10.9. The summed E-state index contributed by atoms with van der Waals surface area (Å²) in [5.41, 5.74) is 1.60. The lowest BCUT2D eigenvalue weighted by Gasteiger charge is -2.58. The highest BCUT2D eigenvalue weighted by Gasteiger charge is 2.51. The van der Waals surface area contributed by atoms with E-state index in [1.54, 1.807) is 96.3 Å². The monoisotopic (exact) mass is 400 g/mol. The summed E-state index contributed by atoms with van der Waals surface area (Å²) in [6.45, 7) is 4.72. The Morgan fingerprint density at radius 1 is 0.586 bits per heavy atom. The fourth-order valence-electron chi connectivity index (χ4n) is 8.67. The van der Waals surface area contributed by atoms with Crippen LogP contribution >= 0.6 is 0 Å². The first-order valence-electron chi connectivity index (χ1n) is 14.2. The molecule has 5 rings (SSSR count). The Hall–Kier alpha value is 0. The highest BCUT2D eigenvalue weighted by atomic mass is 14.6. The fraction of sp³-hybridized carbons (Fsp3) is 1.00. The van der Waals surface area contributed by atoms with E-state index in [0.29, 0.717) is 0 Å². The van der Waals surface area contributed by atoms with Crippen LogP contribution in [0.25, 0.3) is 0 Å². The van der Waals surface area contributed by atoms with Crippen LogP contribution in [0.5, 0.6) is 0 Å². The molecule has 29 heavy (non-hydrogen) atoms. The Kier molecular flexibility index (Phi) is 7.72. The lowest BCUT2D eigenvalue weighted by atomic mass is 9.47. The topological polar surface area (TPSA) is 0 Å². The molecular weight excluding hydrogens is 348 g/mol. The average molecular weight is 401 g/mol. The molecule has 0 aromatic rings. The average Bonchev–Trinajstić information content (AvgIpc) is 2.79. The molecule has 5 aliphatic carbocycles. The summed E-state index contributed by atoms with van der Waals surface area (Å²) in [7, 11) is 0. The molecule has 0 spiro atoms. The second-order valence-corrected chi connectivity index (χ2v) is 12.4. The molecule has 0 amide bonds. The van der Waals surface area contributed by atoms with Gasteiger partial charge in [-0.1, -0.05) is 65.2 Å². The highest BCUT2D eigenvalue weighted by molar-refractivity contribution is 5.03. The van der Waals surface area contributed by atoms with Crippen LogP contribution in [0.1, 0.15) is 149 Å². The molecule has 0 aromatic carbocycles. The van der Waals surface area contributed by atoms with Crippen LogP contribution in [0.4, 0.5) is 0 Å². The molecule has 2 bridgehead atoms. The normalized spacial score (nSPS) is 42.8. The van der Waals surface area contributed by atoms with E-state index in [-0.39, 0.29) is 0 Å². The van der Waals surface area contributed by atoms with Crippen LogP contribution in [0.2, 0.25) is 0 Å². The number of hydrogen-bond donors (Lipinski definition) is 0. The van der Waals surface area contributed by atoms with E-state index in [1.807, 2.05) is 0 Å². The third-order valence-corrected chi connectivity index (χ3v) is 10.9. The van der Waals surface area contributed by atoms with Crippen LogP contribution in [0.3, 0.4) is 0 Å². The summed E-state index contributed by atoms with van der Waals surface area (Å²) in [5, 5.41) is 0. The van der Waals surface area contributed by atoms with Crippen LogP contribution in [-0.4, -0.2) is 0 Å². The Labute approximate surface area is 183 Å². The molecule has 0 aliphatic heterocycles. The van der Waals surface area contributed by atoms with E-state index in [0.717, 1.165) is 34.5 Å². The SMILES string of the molecule is CCCCCC12CCC(C3CCC(C4CCC(CCCC)CC4)CC3)(CC1)CC2. The minimum Gasteiger partial charge on any atom is -0.0654 e. The van der Waals surface area contributed by atoms with Crippen molar-refractivity contribution >= 4 is 0 Å². The maximum absolute atomic E-state index is 2.36. The Balaban J connectivity index is 1.21. The Morgan fingerprint density at radius 3 is 1.69 bits per heavy atom. The first-order valence-corrected chi connectivity index (χ1v) is 14.2. The van der Waals surface area contributed by atoms with Crippen molar-refractivity contribution in [2.24, 2.45) is 34.5 Å². The molecular formula is C29H52. The summed E-state index contributed by atoms with van der Waals surface area (Å²) in [4.78, 5) is 0. The summed E-state index contributed by atoms with van der Waals surface area (Å²) in [6, 6.07) is 0. The van der Waals surface area contributed by atoms with Crippen molar-refractivity contribution in [2.45, 2.75) is 149 Å². The summed E-state index contributed by atoms with van der Waals surface area (Å²) in [5.74, 6) is 4.41. The highest BCUT2D eigenvalue weighted by Crippen LogP contribution is 2.63. The number of fused-ring (bicyclic) bond motifs is 3. The molecule has 0 N–H and O–H groups in total. The van der Waals surface area contributed by atoms with Gasteiger partial charge in [-0.25, -0.2) is 0 Å². The quantitative estimate of drug-likeness (QED) is 0.338. The maximum atomic E-state index is 2.36. The van der Waals surface area contributed by atoms with Crippen molar-refractivity contribution in [1.29, 1.82) is 0 Å². The summed E-state index contributed by atoms with van der Waals surface area (Å²) < 4.78 is 0. The molecule has 168 valence electrons. The lowest BCUT2D eigenvalue weighted by molar-refractivity contribution is -0.0680. The molecule has 5 aliphatic rings. The van der Waals surface area contributed by atoms with E-state index in [4.69, 9.17) is 0 Å². The first kappa shape index (κ1) is 22.2. The summed E-state index contributed by atoms with van der Waals surface area (Å²) >= 11 is 0. The maximum Gasteiger partial charge on any atom is -0.0269 e. The second-order valence-electron chi connectivity index (χ2n) is 12.4. The van der Waals surface area contributed by atoms with Crippen molar-refractivity contribution < 1.29 is 0 Å². The van der Waals surface area contributed by atoms with Crippen molar-refractivity contribution in [3.05, 3.63) is 0 Å². The van der Waals surface area contributed by atoms with Gasteiger partial charge in [-0.2, -0.15) is 0 Å². The van der Waals surface area contributed by atoms with Crippen LogP contribution in [-0.2, 0) is 0 Å². The Morgan fingerprint density at radius 2 is 1.14 bits per heavy atom. The molecule has 0 aromatic heterocycles. The van der Waals surface area contributed by atoms with Gasteiger partial charge in [0.25, 0.3) is 0 Å². The van der Waals surface area contributed by atoms with Gasteiger partial charge in [0.1, 0.15) is 0 Å². The van der Waals surface area contributed by atoms with Gasteiger partial charge in [-0.05, 0) is 118 Å². The van der Waals surface area contributed by atoms with E-state index >= 15 is 0 Å². The van der Waals surface area contributed by atoms with Crippen LogP contribution in [0, 0.1) is 34.5 Å². The lowest BCUT2D eigenvalue weighted by Crippen LogP contribution is -2.46. The molecule has 0 nitrogen and oxygen atoms in total. The predicted octanol–water partition coefficient (Wildman–Crippen LogP) is 9.71. The molecule has 0 saturated heterocycles. The van der Waals surface area contributed by atoms with Crippen molar-refractivity contribution in [1.82, 2.24) is 0 Å². The van der Waals surface area contributed by atoms with Gasteiger partial charge in [-0.3, -0.25) is 0 Å². The van der Waals surface area contributed by atoms with E-state index in [2.05, 4.69) is 13.8 Å². The molecule has 0 unspecified atom stereocenters. The molecule has 0 radical (unpaired) electrons. The second kappa shape index (κ2) is 10.1. The van der Waals surface area contributed by atoms with Gasteiger partial charge in [-0.15, -0.1) is 0 Å². The van der Waals surface area contributed by atoms with Crippen LogP contribution in [0.15, 0.2) is 0 Å². The number of unbranched alkanes of at least 4 members (excludes halogenated alkanes) is 3. The zero-order valence-corrected chi connectivity index (χ0v) is 20.2. The minimum absolute atomic E-state index is 0.796. The number of hydrogen-bond acceptors (Lipinski definition) is 0. The summed E-state index contributed by atoms with van der Waals surface area (Å²) in [6.07, 6.45) is 32.6. The zero-order chi connectivity index (χ0) is 20.2.